The third kappa shape index (κ3) is 3.20. The SMILES string of the molecule is CCC(CC)(NC(=O)c1ccncc1OC)C(N)=S. The van der Waals surface area contributed by atoms with Gasteiger partial charge in [-0.1, -0.05) is 26.1 Å². The summed E-state index contributed by atoms with van der Waals surface area (Å²) in [5, 5.41) is 2.91. The second kappa shape index (κ2) is 6.47. The molecule has 1 aromatic heterocycles. The molecule has 19 heavy (non-hydrogen) atoms. The number of pyridine rings is 1. The van der Waals surface area contributed by atoms with Crippen LogP contribution in [0.3, 0.4) is 0 Å². The molecule has 0 aliphatic rings. The molecule has 3 N–H and O–H groups in total. The number of nitrogens with one attached hydrogen (secondary N) is 1. The molecule has 1 amide bonds. The van der Waals surface area contributed by atoms with Crippen molar-refractivity contribution >= 4 is 23.1 Å². The van der Waals surface area contributed by atoms with E-state index < -0.39 is 5.54 Å². The highest BCUT2D eigenvalue weighted by Gasteiger charge is 2.32. The van der Waals surface area contributed by atoms with Gasteiger partial charge in [-0.15, -0.1) is 0 Å². The molecule has 0 aromatic carbocycles. The lowest BCUT2D eigenvalue weighted by Crippen LogP contribution is -2.56. The van der Waals surface area contributed by atoms with Gasteiger partial charge in [-0.25, -0.2) is 0 Å². The molecule has 0 saturated heterocycles. The number of amides is 1. The van der Waals surface area contributed by atoms with Gasteiger partial charge in [0.1, 0.15) is 5.75 Å². The van der Waals surface area contributed by atoms with E-state index in [4.69, 9.17) is 22.7 Å². The second-order valence-electron chi connectivity index (χ2n) is 4.18. The smallest absolute Gasteiger partial charge is 0.255 e. The molecule has 0 aliphatic carbocycles. The van der Waals surface area contributed by atoms with Gasteiger partial charge in [0.25, 0.3) is 5.91 Å². The van der Waals surface area contributed by atoms with Crippen LogP contribution < -0.4 is 15.8 Å². The van der Waals surface area contributed by atoms with Gasteiger partial charge in [-0.05, 0) is 18.9 Å². The third-order valence-electron chi connectivity index (χ3n) is 3.28. The molecule has 0 radical (unpaired) electrons. The molecule has 0 fully saturated rings. The van der Waals surface area contributed by atoms with Crippen molar-refractivity contribution in [2.24, 2.45) is 5.73 Å². The summed E-state index contributed by atoms with van der Waals surface area (Å²) in [5.41, 5.74) is 5.51. The maximum atomic E-state index is 12.3. The van der Waals surface area contributed by atoms with Gasteiger partial charge in [0, 0.05) is 6.20 Å². The summed E-state index contributed by atoms with van der Waals surface area (Å²) in [5.74, 6) is 0.153. The fourth-order valence-corrected chi connectivity index (χ4v) is 2.19. The molecule has 5 nitrogen and oxygen atoms in total. The summed E-state index contributed by atoms with van der Waals surface area (Å²) in [6.07, 6.45) is 4.31. The molecule has 0 aliphatic heterocycles. The van der Waals surface area contributed by atoms with E-state index in [1.807, 2.05) is 13.8 Å². The van der Waals surface area contributed by atoms with Gasteiger partial charge < -0.3 is 15.8 Å². The molecule has 0 saturated carbocycles. The van der Waals surface area contributed by atoms with Crippen LogP contribution in [0.25, 0.3) is 0 Å². The highest BCUT2D eigenvalue weighted by atomic mass is 32.1. The van der Waals surface area contributed by atoms with E-state index in [-0.39, 0.29) is 5.91 Å². The van der Waals surface area contributed by atoms with E-state index in [1.165, 1.54) is 19.5 Å². The van der Waals surface area contributed by atoms with Crippen molar-refractivity contribution < 1.29 is 9.53 Å². The molecule has 104 valence electrons. The zero-order valence-electron chi connectivity index (χ0n) is 11.4. The van der Waals surface area contributed by atoms with Gasteiger partial charge >= 0.3 is 0 Å². The highest BCUT2D eigenvalue weighted by Crippen LogP contribution is 2.20. The molecular formula is C13H19N3O2S. The zero-order chi connectivity index (χ0) is 14.5. The standard InChI is InChI=1S/C13H19N3O2S/c1-4-13(5-2,12(14)19)16-11(17)9-6-7-15-8-10(9)18-3/h6-8H,4-5H2,1-3H3,(H2,14,19)(H,16,17). The summed E-state index contributed by atoms with van der Waals surface area (Å²) in [6.45, 7) is 3.87. The van der Waals surface area contributed by atoms with Crippen LogP contribution in [0.15, 0.2) is 18.5 Å². The van der Waals surface area contributed by atoms with Gasteiger partial charge in [0.2, 0.25) is 0 Å². The number of methoxy groups -OCH3 is 1. The van der Waals surface area contributed by atoms with Crippen LogP contribution in [-0.2, 0) is 0 Å². The van der Waals surface area contributed by atoms with Crippen LogP contribution in [0.4, 0.5) is 0 Å². The second-order valence-corrected chi connectivity index (χ2v) is 4.62. The van der Waals surface area contributed by atoms with Crippen LogP contribution in [0, 0.1) is 0 Å². The first kappa shape index (κ1) is 15.4. The van der Waals surface area contributed by atoms with Crippen molar-refractivity contribution in [1.29, 1.82) is 0 Å². The number of nitrogens with zero attached hydrogens (tertiary/aromatic N) is 1. The lowest BCUT2D eigenvalue weighted by Gasteiger charge is -2.31. The zero-order valence-corrected chi connectivity index (χ0v) is 12.2. The van der Waals surface area contributed by atoms with E-state index in [2.05, 4.69) is 10.3 Å². The van der Waals surface area contributed by atoms with E-state index >= 15 is 0 Å². The van der Waals surface area contributed by atoms with Crippen LogP contribution >= 0.6 is 12.2 Å². The van der Waals surface area contributed by atoms with Crippen molar-refractivity contribution in [1.82, 2.24) is 10.3 Å². The Kier molecular flexibility index (Phi) is 5.23. The minimum atomic E-state index is -0.666. The summed E-state index contributed by atoms with van der Waals surface area (Å²) >= 11 is 5.08. The lowest BCUT2D eigenvalue weighted by atomic mass is 9.92. The Morgan fingerprint density at radius 1 is 1.53 bits per heavy atom. The van der Waals surface area contributed by atoms with E-state index in [0.717, 1.165) is 0 Å². The number of nitrogens with two attached hydrogens (primary N) is 1. The monoisotopic (exact) mass is 281 g/mol. The van der Waals surface area contributed by atoms with Crippen LogP contribution in [0.2, 0.25) is 0 Å². The van der Waals surface area contributed by atoms with Gasteiger partial charge in [-0.2, -0.15) is 0 Å². The molecule has 0 unspecified atom stereocenters. The number of aromatic nitrogens is 1. The maximum Gasteiger partial charge on any atom is 0.255 e. The average molecular weight is 281 g/mol. The largest absolute Gasteiger partial charge is 0.494 e. The molecule has 1 aromatic rings. The Labute approximate surface area is 118 Å². The number of hydrogen-bond acceptors (Lipinski definition) is 4. The molecule has 1 heterocycles. The van der Waals surface area contributed by atoms with Crippen LogP contribution in [0.1, 0.15) is 37.0 Å². The van der Waals surface area contributed by atoms with Crippen molar-refractivity contribution in [3.05, 3.63) is 24.0 Å². The number of ether oxygens (including phenoxy) is 1. The number of thiocarbonyl (C=S) groups is 1. The van der Waals surface area contributed by atoms with Crippen molar-refractivity contribution in [2.75, 3.05) is 7.11 Å². The Morgan fingerprint density at radius 3 is 2.63 bits per heavy atom. The fraction of sp³-hybridized carbons (Fsp3) is 0.462. The minimum Gasteiger partial charge on any atom is -0.494 e. The molecule has 6 heteroatoms. The Hall–Kier alpha value is -1.69. The summed E-state index contributed by atoms with van der Waals surface area (Å²) in [7, 11) is 1.49. The fourth-order valence-electron chi connectivity index (χ4n) is 1.85. The molecule has 1 rings (SSSR count). The average Bonchev–Trinajstić information content (AvgIpc) is 2.44. The maximum absolute atomic E-state index is 12.3. The van der Waals surface area contributed by atoms with E-state index in [9.17, 15) is 4.79 Å². The minimum absolute atomic E-state index is 0.268. The van der Waals surface area contributed by atoms with Gasteiger partial charge in [0.15, 0.2) is 0 Å². The first-order chi connectivity index (χ1) is 9.00. The van der Waals surface area contributed by atoms with Crippen LogP contribution in [-0.4, -0.2) is 28.5 Å². The predicted octanol–water partition coefficient (Wildman–Crippen LogP) is 1.66. The number of carbonyl (C=O) groups excluding carboxylic acids is 1. The Balaban J connectivity index is 3.04. The van der Waals surface area contributed by atoms with E-state index in [1.54, 1.807) is 6.07 Å². The number of carbonyl (C=O) groups is 1. The molecule has 0 spiro atoms. The first-order valence-electron chi connectivity index (χ1n) is 6.11. The first-order valence-corrected chi connectivity index (χ1v) is 6.52. The normalized spacial score (nSPS) is 10.9. The third-order valence-corrected chi connectivity index (χ3v) is 3.67. The van der Waals surface area contributed by atoms with Gasteiger partial charge in [-0.3, -0.25) is 9.78 Å². The van der Waals surface area contributed by atoms with Crippen molar-refractivity contribution in [3.8, 4) is 5.75 Å². The number of rotatable bonds is 6. The summed E-state index contributed by atoms with van der Waals surface area (Å²) in [6, 6.07) is 1.60. The predicted molar refractivity (Wildman–Crippen MR) is 78.4 cm³/mol. The quantitative estimate of drug-likeness (QED) is 0.776. The molecular weight excluding hydrogens is 262 g/mol. The topological polar surface area (TPSA) is 77.2 Å². The van der Waals surface area contributed by atoms with Crippen molar-refractivity contribution in [3.63, 3.8) is 0 Å². The summed E-state index contributed by atoms with van der Waals surface area (Å²) < 4.78 is 5.12. The molecule has 0 bridgehead atoms. The number of hydrogen-bond donors (Lipinski definition) is 2. The molecule has 0 atom stereocenters. The Morgan fingerprint density at radius 2 is 2.16 bits per heavy atom. The van der Waals surface area contributed by atoms with Crippen LogP contribution in [0.5, 0.6) is 5.75 Å². The van der Waals surface area contributed by atoms with Gasteiger partial charge in [0.05, 0.1) is 29.4 Å². The highest BCUT2D eigenvalue weighted by molar-refractivity contribution is 7.80. The lowest BCUT2D eigenvalue weighted by molar-refractivity contribution is 0.0916. The van der Waals surface area contributed by atoms with E-state index in [0.29, 0.717) is 29.1 Å². The Bertz CT molecular complexity index is 473. The summed E-state index contributed by atoms with van der Waals surface area (Å²) in [4.78, 5) is 16.5. The van der Waals surface area contributed by atoms with Crippen molar-refractivity contribution in [2.45, 2.75) is 32.2 Å².